The molecule has 1 saturated heterocycles. The smallest absolute Gasteiger partial charge is 0.278 e. The predicted octanol–water partition coefficient (Wildman–Crippen LogP) is 1.85. The molecule has 0 spiro atoms. The molecule has 1 atom stereocenters. The van der Waals surface area contributed by atoms with Gasteiger partial charge >= 0.3 is 0 Å². The Balaban J connectivity index is 1.33. The molecular formula is C25H32N3O2+. The van der Waals surface area contributed by atoms with Gasteiger partial charge in [-0.05, 0) is 43.4 Å². The van der Waals surface area contributed by atoms with Gasteiger partial charge in [-0.1, -0.05) is 48.5 Å². The molecule has 4 rings (SSSR count). The molecule has 2 aliphatic rings. The summed E-state index contributed by atoms with van der Waals surface area (Å²) in [5.41, 5.74) is 1.93. The van der Waals surface area contributed by atoms with Crippen LogP contribution < -0.4 is 4.90 Å². The van der Waals surface area contributed by atoms with Crippen LogP contribution in [-0.2, 0) is 11.3 Å². The van der Waals surface area contributed by atoms with Crippen LogP contribution in [0.5, 0.6) is 0 Å². The molecule has 1 aliphatic carbocycles. The molecule has 2 fully saturated rings. The third kappa shape index (κ3) is 5.08. The molecule has 2 aromatic rings. The van der Waals surface area contributed by atoms with Crippen molar-refractivity contribution in [2.24, 2.45) is 5.92 Å². The fourth-order valence-corrected chi connectivity index (χ4v) is 4.35. The molecule has 2 amide bonds. The minimum absolute atomic E-state index is 0.0917. The summed E-state index contributed by atoms with van der Waals surface area (Å²) in [5, 5.41) is 0. The van der Waals surface area contributed by atoms with E-state index in [2.05, 4.69) is 24.0 Å². The van der Waals surface area contributed by atoms with E-state index >= 15 is 0 Å². The molecule has 5 nitrogen and oxygen atoms in total. The number of carbonyl (C=O) groups excluding carboxylic acids is 2. The monoisotopic (exact) mass is 406 g/mol. The standard InChI is InChI=1S/C25H31N3O2/c1-20(22-12-13-22)28(18-21-8-4-2-5-9-21)24(29)19-26-14-16-27(17-15-26)25(30)23-10-6-3-7-11-23/h2-11,20,22H,12-19H2,1H3/p+1/t20-/m1/s1. The normalized spacial score (nSPS) is 18.1. The highest BCUT2D eigenvalue weighted by Gasteiger charge is 2.36. The Morgan fingerprint density at radius 2 is 1.60 bits per heavy atom. The number of nitrogens with zero attached hydrogens (tertiary/aromatic N) is 2. The number of piperazine rings is 1. The molecule has 0 radical (unpaired) electrons. The zero-order chi connectivity index (χ0) is 20.9. The first-order chi connectivity index (χ1) is 14.6. The van der Waals surface area contributed by atoms with E-state index < -0.39 is 0 Å². The largest absolute Gasteiger partial charge is 0.331 e. The van der Waals surface area contributed by atoms with E-state index in [1.54, 1.807) is 0 Å². The number of hydrogen-bond acceptors (Lipinski definition) is 2. The Labute approximate surface area is 179 Å². The van der Waals surface area contributed by atoms with Crippen molar-refractivity contribution in [3.63, 3.8) is 0 Å². The Kier molecular flexibility index (Phi) is 6.48. The Hall–Kier alpha value is -2.66. The third-order valence-electron chi connectivity index (χ3n) is 6.49. The summed E-state index contributed by atoms with van der Waals surface area (Å²) in [5.74, 6) is 0.970. The van der Waals surface area contributed by atoms with E-state index in [1.165, 1.54) is 23.3 Å². The molecule has 1 aliphatic heterocycles. The molecule has 158 valence electrons. The second kappa shape index (κ2) is 9.43. The van der Waals surface area contributed by atoms with Crippen LogP contribution in [0, 0.1) is 5.92 Å². The van der Waals surface area contributed by atoms with Crippen LogP contribution in [0.2, 0.25) is 0 Å². The van der Waals surface area contributed by atoms with E-state index in [-0.39, 0.29) is 17.9 Å². The first-order valence-corrected chi connectivity index (χ1v) is 11.1. The van der Waals surface area contributed by atoms with Gasteiger partial charge in [-0.25, -0.2) is 0 Å². The van der Waals surface area contributed by atoms with Crippen molar-refractivity contribution in [1.29, 1.82) is 0 Å². The third-order valence-corrected chi connectivity index (χ3v) is 6.49. The number of carbonyl (C=O) groups is 2. The van der Waals surface area contributed by atoms with Gasteiger partial charge in [0.25, 0.3) is 11.8 Å². The summed E-state index contributed by atoms with van der Waals surface area (Å²) in [6.07, 6.45) is 2.46. The van der Waals surface area contributed by atoms with Gasteiger partial charge in [0.05, 0.1) is 26.2 Å². The van der Waals surface area contributed by atoms with Gasteiger partial charge in [0.15, 0.2) is 6.54 Å². The maximum Gasteiger partial charge on any atom is 0.278 e. The van der Waals surface area contributed by atoms with Crippen LogP contribution in [0.3, 0.4) is 0 Å². The second-order valence-electron chi connectivity index (χ2n) is 8.67. The average molecular weight is 407 g/mol. The van der Waals surface area contributed by atoms with Crippen molar-refractivity contribution in [2.45, 2.75) is 32.4 Å². The number of hydrogen-bond donors (Lipinski definition) is 1. The highest BCUT2D eigenvalue weighted by atomic mass is 16.2. The Morgan fingerprint density at radius 1 is 1.00 bits per heavy atom. The number of nitrogens with one attached hydrogen (secondary N) is 1. The van der Waals surface area contributed by atoms with E-state index in [4.69, 9.17) is 0 Å². The summed E-state index contributed by atoms with van der Waals surface area (Å²) >= 11 is 0. The van der Waals surface area contributed by atoms with Gasteiger partial charge in [0.2, 0.25) is 0 Å². The van der Waals surface area contributed by atoms with Gasteiger partial charge in [0, 0.05) is 18.2 Å². The lowest BCUT2D eigenvalue weighted by molar-refractivity contribution is -0.896. The predicted molar refractivity (Wildman–Crippen MR) is 117 cm³/mol. The fraction of sp³-hybridized carbons (Fsp3) is 0.440. The van der Waals surface area contributed by atoms with Gasteiger partial charge < -0.3 is 14.7 Å². The lowest BCUT2D eigenvalue weighted by atomic mass is 10.1. The van der Waals surface area contributed by atoms with Crippen LogP contribution in [0.1, 0.15) is 35.7 Å². The van der Waals surface area contributed by atoms with Crippen LogP contribution >= 0.6 is 0 Å². The SMILES string of the molecule is C[C@H](C1CC1)N(Cc1ccccc1)C(=O)C[NH+]1CCN(C(=O)c2ccccc2)CC1. The summed E-state index contributed by atoms with van der Waals surface area (Å²) in [6.45, 7) is 6.44. The van der Waals surface area contributed by atoms with Crippen molar-refractivity contribution in [3.8, 4) is 0 Å². The van der Waals surface area contributed by atoms with Crippen molar-refractivity contribution in [1.82, 2.24) is 9.80 Å². The molecule has 1 heterocycles. The van der Waals surface area contributed by atoms with E-state index in [0.717, 1.165) is 18.7 Å². The number of quaternary nitrogens is 1. The fourth-order valence-electron chi connectivity index (χ4n) is 4.35. The lowest BCUT2D eigenvalue weighted by Crippen LogP contribution is -3.15. The first-order valence-electron chi connectivity index (χ1n) is 11.1. The zero-order valence-corrected chi connectivity index (χ0v) is 17.8. The highest BCUT2D eigenvalue weighted by molar-refractivity contribution is 5.94. The first kappa shape index (κ1) is 20.6. The lowest BCUT2D eigenvalue weighted by Gasteiger charge is -2.34. The van der Waals surface area contributed by atoms with Crippen molar-refractivity contribution in [3.05, 3.63) is 71.8 Å². The minimum Gasteiger partial charge on any atom is -0.331 e. The second-order valence-corrected chi connectivity index (χ2v) is 8.67. The zero-order valence-electron chi connectivity index (χ0n) is 17.8. The van der Waals surface area contributed by atoms with E-state index in [0.29, 0.717) is 32.1 Å². The molecular weight excluding hydrogens is 374 g/mol. The molecule has 30 heavy (non-hydrogen) atoms. The summed E-state index contributed by atoms with van der Waals surface area (Å²) < 4.78 is 0. The summed E-state index contributed by atoms with van der Waals surface area (Å²) in [4.78, 5) is 31.2. The topological polar surface area (TPSA) is 45.1 Å². The quantitative estimate of drug-likeness (QED) is 0.763. The molecule has 0 unspecified atom stereocenters. The van der Waals surface area contributed by atoms with Crippen LogP contribution in [0.15, 0.2) is 60.7 Å². The van der Waals surface area contributed by atoms with E-state index in [1.807, 2.05) is 53.4 Å². The van der Waals surface area contributed by atoms with Crippen LogP contribution in [0.4, 0.5) is 0 Å². The van der Waals surface area contributed by atoms with Gasteiger partial charge in [0.1, 0.15) is 0 Å². The van der Waals surface area contributed by atoms with Crippen molar-refractivity contribution < 1.29 is 14.5 Å². The number of benzene rings is 2. The van der Waals surface area contributed by atoms with Crippen LogP contribution in [-0.4, -0.2) is 60.4 Å². The minimum atomic E-state index is 0.0917. The Bertz CT molecular complexity index is 843. The average Bonchev–Trinajstić information content (AvgIpc) is 3.64. The Morgan fingerprint density at radius 3 is 2.20 bits per heavy atom. The van der Waals surface area contributed by atoms with Gasteiger partial charge in [-0.2, -0.15) is 0 Å². The molecule has 1 saturated carbocycles. The summed E-state index contributed by atoms with van der Waals surface area (Å²) in [7, 11) is 0. The molecule has 0 bridgehead atoms. The van der Waals surface area contributed by atoms with Gasteiger partial charge in [-0.15, -0.1) is 0 Å². The van der Waals surface area contributed by atoms with Crippen molar-refractivity contribution in [2.75, 3.05) is 32.7 Å². The highest BCUT2D eigenvalue weighted by Crippen LogP contribution is 2.35. The molecule has 0 aromatic heterocycles. The van der Waals surface area contributed by atoms with Crippen LogP contribution in [0.25, 0.3) is 0 Å². The maximum atomic E-state index is 13.3. The maximum absolute atomic E-state index is 13.3. The van der Waals surface area contributed by atoms with E-state index in [9.17, 15) is 9.59 Å². The molecule has 1 N–H and O–H groups in total. The number of amides is 2. The van der Waals surface area contributed by atoms with Gasteiger partial charge in [-0.3, -0.25) is 9.59 Å². The molecule has 5 heteroatoms. The molecule has 2 aromatic carbocycles. The number of rotatable bonds is 7. The van der Waals surface area contributed by atoms with Crippen molar-refractivity contribution >= 4 is 11.8 Å². The summed E-state index contributed by atoms with van der Waals surface area (Å²) in [6, 6.07) is 20.0.